The molecule has 0 bridgehead atoms. The van der Waals surface area contributed by atoms with Gasteiger partial charge in [-0.15, -0.1) is 0 Å². The van der Waals surface area contributed by atoms with Crippen LogP contribution in [0.15, 0.2) is 72.8 Å². The number of aromatic nitrogens is 4. The standard InChI is InChI=1S/C33H35N7O3/c1-20-36-27-29(40(20)19-21-11-8-7-9-12-21)37-32(43-26-18-22(28(34)35)15-16-25(26)33(2,3)4)38-30(27)42-24-14-10-13-23(17-24)31(41)39(5)6/h7-18H,19H2,1-6H3,(H3,34,35). The number of rotatable bonds is 8. The van der Waals surface area contributed by atoms with Crippen molar-refractivity contribution in [3.8, 4) is 23.4 Å². The van der Waals surface area contributed by atoms with Gasteiger partial charge in [-0.2, -0.15) is 9.97 Å². The first-order valence-corrected chi connectivity index (χ1v) is 13.9. The Kier molecular flexibility index (Phi) is 7.86. The molecule has 0 saturated carbocycles. The Morgan fingerprint density at radius 2 is 1.67 bits per heavy atom. The summed E-state index contributed by atoms with van der Waals surface area (Å²) in [7, 11) is 3.39. The minimum Gasteiger partial charge on any atom is -0.437 e. The zero-order valence-corrected chi connectivity index (χ0v) is 25.2. The molecule has 5 rings (SSSR count). The number of carbonyl (C=O) groups excluding carboxylic acids is 1. The molecule has 0 saturated heterocycles. The van der Waals surface area contributed by atoms with Gasteiger partial charge in [0.05, 0.1) is 6.54 Å². The molecule has 5 aromatic rings. The van der Waals surface area contributed by atoms with E-state index in [9.17, 15) is 4.79 Å². The van der Waals surface area contributed by atoms with Crippen molar-refractivity contribution < 1.29 is 14.3 Å². The Hall–Kier alpha value is -5.25. The summed E-state index contributed by atoms with van der Waals surface area (Å²) in [6, 6.07) is 22.4. The quantitative estimate of drug-likeness (QED) is 0.169. The van der Waals surface area contributed by atoms with Crippen LogP contribution in [0.3, 0.4) is 0 Å². The summed E-state index contributed by atoms with van der Waals surface area (Å²) in [4.78, 5) is 28.3. The van der Waals surface area contributed by atoms with Gasteiger partial charge in [-0.1, -0.05) is 69.3 Å². The number of amides is 1. The molecule has 3 aromatic carbocycles. The highest BCUT2D eigenvalue weighted by atomic mass is 16.5. The Bertz CT molecular complexity index is 1820. The maximum Gasteiger partial charge on any atom is 0.327 e. The van der Waals surface area contributed by atoms with Crippen LogP contribution in [0.2, 0.25) is 0 Å². The molecule has 10 heteroatoms. The molecule has 0 atom stereocenters. The van der Waals surface area contributed by atoms with Crippen LogP contribution in [0.5, 0.6) is 23.4 Å². The highest BCUT2D eigenvalue weighted by Crippen LogP contribution is 2.36. The third kappa shape index (κ3) is 6.33. The van der Waals surface area contributed by atoms with Crippen LogP contribution in [0.25, 0.3) is 11.2 Å². The fourth-order valence-electron chi connectivity index (χ4n) is 4.69. The van der Waals surface area contributed by atoms with E-state index in [1.807, 2.05) is 47.9 Å². The number of hydrogen-bond acceptors (Lipinski definition) is 7. The molecule has 0 fully saturated rings. The number of nitrogens with zero attached hydrogens (tertiary/aromatic N) is 5. The van der Waals surface area contributed by atoms with E-state index in [0.29, 0.717) is 40.3 Å². The lowest BCUT2D eigenvalue weighted by Crippen LogP contribution is -2.21. The summed E-state index contributed by atoms with van der Waals surface area (Å²) >= 11 is 0. The van der Waals surface area contributed by atoms with Gasteiger partial charge in [0.25, 0.3) is 11.8 Å². The number of benzene rings is 3. The van der Waals surface area contributed by atoms with Gasteiger partial charge in [0.1, 0.15) is 23.2 Å². The summed E-state index contributed by atoms with van der Waals surface area (Å²) < 4.78 is 14.6. The van der Waals surface area contributed by atoms with Gasteiger partial charge in [0.15, 0.2) is 11.2 Å². The topological polar surface area (TPSA) is 132 Å². The van der Waals surface area contributed by atoms with Crippen LogP contribution >= 0.6 is 0 Å². The monoisotopic (exact) mass is 577 g/mol. The highest BCUT2D eigenvalue weighted by molar-refractivity contribution is 5.95. The second-order valence-corrected chi connectivity index (χ2v) is 11.5. The van der Waals surface area contributed by atoms with Crippen molar-refractivity contribution in [2.75, 3.05) is 14.1 Å². The molecule has 10 nitrogen and oxygen atoms in total. The van der Waals surface area contributed by atoms with Crippen molar-refractivity contribution in [2.24, 2.45) is 5.73 Å². The van der Waals surface area contributed by atoms with E-state index >= 15 is 0 Å². The normalized spacial score (nSPS) is 11.4. The Balaban J connectivity index is 1.65. The molecule has 0 unspecified atom stereocenters. The molecule has 0 aliphatic carbocycles. The second kappa shape index (κ2) is 11.6. The van der Waals surface area contributed by atoms with Crippen LogP contribution < -0.4 is 15.2 Å². The molecule has 2 aromatic heterocycles. The van der Waals surface area contributed by atoms with Crippen molar-refractivity contribution in [1.29, 1.82) is 5.41 Å². The second-order valence-electron chi connectivity index (χ2n) is 11.5. The van der Waals surface area contributed by atoms with Crippen LogP contribution in [0.4, 0.5) is 0 Å². The molecule has 2 heterocycles. The van der Waals surface area contributed by atoms with E-state index in [2.05, 4.69) is 25.8 Å². The molecule has 220 valence electrons. The first kappa shape index (κ1) is 29.2. The lowest BCUT2D eigenvalue weighted by molar-refractivity contribution is 0.0827. The number of nitrogens with one attached hydrogen (secondary N) is 1. The van der Waals surface area contributed by atoms with Crippen LogP contribution in [0, 0.1) is 12.3 Å². The predicted molar refractivity (Wildman–Crippen MR) is 166 cm³/mol. The summed E-state index contributed by atoms with van der Waals surface area (Å²) in [5, 5.41) is 7.95. The zero-order chi connectivity index (χ0) is 30.9. The first-order chi connectivity index (χ1) is 20.4. The van der Waals surface area contributed by atoms with Gasteiger partial charge in [-0.25, -0.2) is 4.98 Å². The van der Waals surface area contributed by atoms with Gasteiger partial charge in [-0.05, 0) is 42.2 Å². The molecule has 0 aliphatic rings. The number of imidazole rings is 1. The summed E-state index contributed by atoms with van der Waals surface area (Å²) in [5.74, 6) is 1.59. The molecule has 0 radical (unpaired) electrons. The van der Waals surface area contributed by atoms with Crippen molar-refractivity contribution >= 4 is 22.9 Å². The number of nitrogen functional groups attached to an aromatic ring is 1. The fraction of sp³-hybridized carbons (Fsp3) is 0.242. The van der Waals surface area contributed by atoms with Gasteiger partial charge < -0.3 is 24.7 Å². The number of aryl methyl sites for hydroxylation is 1. The molecule has 0 spiro atoms. The SMILES string of the molecule is Cc1nc2c(Oc3cccc(C(=O)N(C)C)c3)nc(Oc3cc(C(=N)N)ccc3C(C)(C)C)nc2n1Cc1ccccc1. The van der Waals surface area contributed by atoms with Crippen LogP contribution in [-0.4, -0.2) is 50.3 Å². The molecular weight excluding hydrogens is 542 g/mol. The lowest BCUT2D eigenvalue weighted by Gasteiger charge is -2.23. The minimum atomic E-state index is -0.279. The largest absolute Gasteiger partial charge is 0.437 e. The molecular formula is C33H35N7O3. The van der Waals surface area contributed by atoms with Crippen molar-refractivity contribution in [1.82, 2.24) is 24.4 Å². The summed E-state index contributed by atoms with van der Waals surface area (Å²) in [5.41, 5.74) is 9.48. The maximum atomic E-state index is 12.6. The fourth-order valence-corrected chi connectivity index (χ4v) is 4.69. The van der Waals surface area contributed by atoms with Gasteiger partial charge in [0, 0.05) is 30.8 Å². The third-order valence-electron chi connectivity index (χ3n) is 6.92. The van der Waals surface area contributed by atoms with Gasteiger partial charge in [-0.3, -0.25) is 10.2 Å². The molecule has 1 amide bonds. The zero-order valence-electron chi connectivity index (χ0n) is 25.2. The smallest absolute Gasteiger partial charge is 0.327 e. The average molecular weight is 578 g/mol. The van der Waals surface area contributed by atoms with E-state index in [1.165, 1.54) is 4.90 Å². The lowest BCUT2D eigenvalue weighted by atomic mass is 9.85. The van der Waals surface area contributed by atoms with E-state index in [-0.39, 0.29) is 29.0 Å². The Labute approximate surface area is 250 Å². The molecule has 0 aliphatic heterocycles. The average Bonchev–Trinajstić information content (AvgIpc) is 3.27. The number of hydrogen-bond donors (Lipinski definition) is 2. The van der Waals surface area contributed by atoms with Crippen molar-refractivity contribution in [3.05, 3.63) is 101 Å². The number of carbonyl (C=O) groups is 1. The van der Waals surface area contributed by atoms with Crippen molar-refractivity contribution in [2.45, 2.75) is 39.7 Å². The number of amidine groups is 1. The minimum absolute atomic E-state index is 0.0448. The summed E-state index contributed by atoms with van der Waals surface area (Å²) in [6.07, 6.45) is 0. The van der Waals surface area contributed by atoms with Gasteiger partial charge in [0.2, 0.25) is 0 Å². The van der Waals surface area contributed by atoms with E-state index in [4.69, 9.17) is 30.6 Å². The Morgan fingerprint density at radius 1 is 0.930 bits per heavy atom. The van der Waals surface area contributed by atoms with Crippen LogP contribution in [0.1, 0.15) is 53.6 Å². The van der Waals surface area contributed by atoms with Crippen molar-refractivity contribution in [3.63, 3.8) is 0 Å². The number of nitrogens with two attached hydrogens (primary N) is 1. The highest BCUT2D eigenvalue weighted by Gasteiger charge is 2.24. The van der Waals surface area contributed by atoms with E-state index < -0.39 is 0 Å². The van der Waals surface area contributed by atoms with E-state index in [0.717, 1.165) is 17.0 Å². The van der Waals surface area contributed by atoms with Crippen LogP contribution in [-0.2, 0) is 12.0 Å². The molecule has 43 heavy (non-hydrogen) atoms. The number of ether oxygens (including phenoxy) is 2. The van der Waals surface area contributed by atoms with Gasteiger partial charge >= 0.3 is 6.01 Å². The summed E-state index contributed by atoms with van der Waals surface area (Å²) in [6.45, 7) is 8.64. The maximum absolute atomic E-state index is 12.6. The Morgan fingerprint density at radius 3 is 2.35 bits per heavy atom. The third-order valence-corrected chi connectivity index (χ3v) is 6.92. The first-order valence-electron chi connectivity index (χ1n) is 13.9. The number of fused-ring (bicyclic) bond motifs is 1. The molecule has 3 N–H and O–H groups in total. The van der Waals surface area contributed by atoms with E-state index in [1.54, 1.807) is 50.5 Å². The predicted octanol–water partition coefficient (Wildman–Crippen LogP) is 6.05.